The van der Waals surface area contributed by atoms with Crippen molar-refractivity contribution in [3.05, 3.63) is 17.0 Å². The Morgan fingerprint density at radius 2 is 1.90 bits per heavy atom. The lowest BCUT2D eigenvalue weighted by Crippen LogP contribution is -2.54. The van der Waals surface area contributed by atoms with Crippen LogP contribution in [-0.4, -0.2) is 72.1 Å². The summed E-state index contributed by atoms with van der Waals surface area (Å²) in [6, 6.07) is 2.60. The van der Waals surface area contributed by atoms with E-state index in [0.29, 0.717) is 5.15 Å². The normalized spacial score (nSPS) is 25.3. The summed E-state index contributed by atoms with van der Waals surface area (Å²) in [7, 11) is 2.23. The van der Waals surface area contributed by atoms with Crippen LogP contribution in [0.2, 0.25) is 5.15 Å². The van der Waals surface area contributed by atoms with Gasteiger partial charge in [-0.15, -0.1) is 0 Å². The lowest BCUT2D eigenvalue weighted by Gasteiger charge is -2.43. The standard InChI is InChI=1S/C15H24ClN5/c1-12-17-14(16)10-15(18-12)21-8-6-20(7-9-21)13-4-3-5-19(2)11-13/h10,13H,3-9,11H2,1-2H3. The third kappa shape index (κ3) is 3.65. The molecule has 2 aliphatic rings. The number of piperidine rings is 1. The van der Waals surface area contributed by atoms with Crippen molar-refractivity contribution >= 4 is 17.4 Å². The summed E-state index contributed by atoms with van der Waals surface area (Å²) in [5.74, 6) is 1.71. The highest BCUT2D eigenvalue weighted by molar-refractivity contribution is 6.29. The molecule has 1 atom stereocenters. The fraction of sp³-hybridized carbons (Fsp3) is 0.733. The molecule has 3 rings (SSSR count). The quantitative estimate of drug-likeness (QED) is 0.776. The topological polar surface area (TPSA) is 35.5 Å². The van der Waals surface area contributed by atoms with Crippen LogP contribution in [0.3, 0.4) is 0 Å². The van der Waals surface area contributed by atoms with Crippen molar-refractivity contribution in [3.63, 3.8) is 0 Å². The fourth-order valence-corrected chi connectivity index (χ4v) is 3.65. The van der Waals surface area contributed by atoms with Crippen LogP contribution < -0.4 is 4.90 Å². The van der Waals surface area contributed by atoms with Crippen LogP contribution in [0.1, 0.15) is 18.7 Å². The van der Waals surface area contributed by atoms with Crippen LogP contribution >= 0.6 is 11.6 Å². The van der Waals surface area contributed by atoms with Crippen molar-refractivity contribution < 1.29 is 0 Å². The minimum Gasteiger partial charge on any atom is -0.354 e. The SMILES string of the molecule is Cc1nc(Cl)cc(N2CCN(C3CCCN(C)C3)CC2)n1. The minimum atomic E-state index is 0.536. The van der Waals surface area contributed by atoms with E-state index in [-0.39, 0.29) is 0 Å². The van der Waals surface area contributed by atoms with Gasteiger partial charge < -0.3 is 9.80 Å². The van der Waals surface area contributed by atoms with E-state index in [4.69, 9.17) is 11.6 Å². The molecule has 3 heterocycles. The molecule has 0 radical (unpaired) electrons. The molecule has 1 aromatic heterocycles. The average molecular weight is 310 g/mol. The molecular weight excluding hydrogens is 286 g/mol. The number of rotatable bonds is 2. The maximum absolute atomic E-state index is 6.04. The van der Waals surface area contributed by atoms with E-state index in [0.717, 1.165) is 43.9 Å². The van der Waals surface area contributed by atoms with Crippen molar-refractivity contribution in [2.45, 2.75) is 25.8 Å². The lowest BCUT2D eigenvalue weighted by molar-refractivity contribution is 0.106. The number of hydrogen-bond donors (Lipinski definition) is 0. The Hall–Kier alpha value is -0.910. The van der Waals surface area contributed by atoms with E-state index >= 15 is 0 Å². The predicted octanol–water partition coefficient (Wildman–Crippen LogP) is 1.65. The summed E-state index contributed by atoms with van der Waals surface area (Å²) in [5.41, 5.74) is 0. The third-order valence-electron chi connectivity index (χ3n) is 4.55. The maximum Gasteiger partial charge on any atom is 0.134 e. The second-order valence-corrected chi connectivity index (χ2v) is 6.56. The summed E-state index contributed by atoms with van der Waals surface area (Å²) < 4.78 is 0. The number of piperazine rings is 1. The van der Waals surface area contributed by atoms with Gasteiger partial charge >= 0.3 is 0 Å². The molecule has 0 bridgehead atoms. The van der Waals surface area contributed by atoms with Gasteiger partial charge in [-0.1, -0.05) is 11.6 Å². The van der Waals surface area contributed by atoms with Crippen molar-refractivity contribution in [1.82, 2.24) is 19.8 Å². The molecule has 0 aromatic carbocycles. The monoisotopic (exact) mass is 309 g/mol. The van der Waals surface area contributed by atoms with Gasteiger partial charge in [0.1, 0.15) is 16.8 Å². The smallest absolute Gasteiger partial charge is 0.134 e. The molecule has 2 saturated heterocycles. The number of nitrogens with zero attached hydrogens (tertiary/aromatic N) is 5. The predicted molar refractivity (Wildman–Crippen MR) is 86.1 cm³/mol. The summed E-state index contributed by atoms with van der Waals surface area (Å²) in [6.45, 7) is 8.61. The van der Waals surface area contributed by atoms with Crippen LogP contribution in [0, 0.1) is 6.92 Å². The van der Waals surface area contributed by atoms with Crippen LogP contribution in [0.5, 0.6) is 0 Å². The minimum absolute atomic E-state index is 0.536. The average Bonchev–Trinajstić information content (AvgIpc) is 2.46. The van der Waals surface area contributed by atoms with Gasteiger partial charge in [0.2, 0.25) is 0 Å². The first kappa shape index (κ1) is 15.0. The van der Waals surface area contributed by atoms with Gasteiger partial charge in [-0.25, -0.2) is 9.97 Å². The highest BCUT2D eigenvalue weighted by atomic mass is 35.5. The summed E-state index contributed by atoms with van der Waals surface area (Å²) >= 11 is 6.04. The molecule has 0 aliphatic carbocycles. The van der Waals surface area contributed by atoms with E-state index in [1.165, 1.54) is 25.9 Å². The molecule has 21 heavy (non-hydrogen) atoms. The van der Waals surface area contributed by atoms with E-state index < -0.39 is 0 Å². The number of aromatic nitrogens is 2. The van der Waals surface area contributed by atoms with Gasteiger partial charge in [0, 0.05) is 44.8 Å². The van der Waals surface area contributed by atoms with Gasteiger partial charge in [-0.2, -0.15) is 0 Å². The van der Waals surface area contributed by atoms with Gasteiger partial charge in [0.25, 0.3) is 0 Å². The second-order valence-electron chi connectivity index (χ2n) is 6.18. The van der Waals surface area contributed by atoms with Crippen molar-refractivity contribution in [3.8, 4) is 0 Å². The molecular formula is C15H24ClN5. The third-order valence-corrected chi connectivity index (χ3v) is 4.74. The van der Waals surface area contributed by atoms with Gasteiger partial charge in [0.05, 0.1) is 0 Å². The zero-order valence-corrected chi connectivity index (χ0v) is 13.7. The van der Waals surface area contributed by atoms with E-state index in [1.54, 1.807) is 0 Å². The van der Waals surface area contributed by atoms with Crippen LogP contribution in [0.25, 0.3) is 0 Å². The van der Waals surface area contributed by atoms with Crippen LogP contribution in [0.15, 0.2) is 6.07 Å². The van der Waals surface area contributed by atoms with Crippen molar-refractivity contribution in [1.29, 1.82) is 0 Å². The first-order valence-corrected chi connectivity index (χ1v) is 8.18. The molecule has 0 spiro atoms. The Balaban J connectivity index is 1.59. The Morgan fingerprint density at radius 1 is 1.14 bits per heavy atom. The van der Waals surface area contributed by atoms with Crippen LogP contribution in [-0.2, 0) is 0 Å². The summed E-state index contributed by atoms with van der Waals surface area (Å²) in [4.78, 5) is 16.1. The van der Waals surface area contributed by atoms with Gasteiger partial charge in [-0.3, -0.25) is 4.90 Å². The Labute approximate surface area is 131 Å². The Bertz CT molecular complexity index is 467. The maximum atomic E-state index is 6.04. The molecule has 1 unspecified atom stereocenters. The summed E-state index contributed by atoms with van der Waals surface area (Å²) in [6.07, 6.45) is 2.66. The van der Waals surface area contributed by atoms with Crippen LogP contribution in [0.4, 0.5) is 5.82 Å². The lowest BCUT2D eigenvalue weighted by atomic mass is 10.0. The highest BCUT2D eigenvalue weighted by Gasteiger charge is 2.27. The molecule has 116 valence electrons. The number of likely N-dealkylation sites (tertiary alicyclic amines) is 1. The van der Waals surface area contributed by atoms with E-state index in [9.17, 15) is 0 Å². The fourth-order valence-electron chi connectivity index (χ4n) is 3.43. The molecule has 0 N–H and O–H groups in total. The molecule has 2 aliphatic heterocycles. The molecule has 6 heteroatoms. The number of hydrogen-bond acceptors (Lipinski definition) is 5. The highest BCUT2D eigenvalue weighted by Crippen LogP contribution is 2.21. The molecule has 5 nitrogen and oxygen atoms in total. The second kappa shape index (κ2) is 6.46. The Kier molecular flexibility index (Phi) is 4.62. The van der Waals surface area contributed by atoms with E-state index in [1.807, 2.05) is 13.0 Å². The van der Waals surface area contributed by atoms with Crippen molar-refractivity contribution in [2.24, 2.45) is 0 Å². The zero-order valence-electron chi connectivity index (χ0n) is 12.9. The number of anilines is 1. The number of aryl methyl sites for hydroxylation is 1. The first-order valence-electron chi connectivity index (χ1n) is 7.80. The zero-order chi connectivity index (χ0) is 14.8. The molecule has 0 amide bonds. The molecule has 0 saturated carbocycles. The van der Waals surface area contributed by atoms with E-state index in [2.05, 4.69) is 31.7 Å². The van der Waals surface area contributed by atoms with Crippen molar-refractivity contribution in [2.75, 3.05) is 51.2 Å². The largest absolute Gasteiger partial charge is 0.354 e. The van der Waals surface area contributed by atoms with Gasteiger partial charge in [0.15, 0.2) is 0 Å². The number of halogens is 1. The molecule has 2 fully saturated rings. The first-order chi connectivity index (χ1) is 10.1. The van der Waals surface area contributed by atoms with Gasteiger partial charge in [-0.05, 0) is 33.4 Å². The molecule has 1 aromatic rings. The Morgan fingerprint density at radius 3 is 2.57 bits per heavy atom. The summed E-state index contributed by atoms with van der Waals surface area (Å²) in [5, 5.41) is 0.536. The number of likely N-dealkylation sites (N-methyl/N-ethyl adjacent to an activating group) is 1.